The summed E-state index contributed by atoms with van der Waals surface area (Å²) >= 11 is 5.62. The van der Waals surface area contributed by atoms with E-state index in [9.17, 15) is 14.9 Å². The molecule has 2 heterocycles. The van der Waals surface area contributed by atoms with Crippen LogP contribution in [0.5, 0.6) is 5.75 Å². The van der Waals surface area contributed by atoms with Gasteiger partial charge in [0.05, 0.1) is 27.6 Å². The zero-order valence-corrected chi connectivity index (χ0v) is 19.0. The summed E-state index contributed by atoms with van der Waals surface area (Å²) in [6.07, 6.45) is 0. The van der Waals surface area contributed by atoms with Crippen LogP contribution in [-0.2, 0) is 5.54 Å². The van der Waals surface area contributed by atoms with Crippen LogP contribution in [0, 0.1) is 13.9 Å². The minimum Gasteiger partial charge on any atom is -0.492 e. The molecule has 0 spiro atoms. The van der Waals surface area contributed by atoms with Gasteiger partial charge in [-0.1, -0.05) is 45.0 Å². The number of hydrogen-bond acceptors (Lipinski definition) is 7. The highest BCUT2D eigenvalue weighted by Gasteiger charge is 2.44. The molecule has 9 heteroatoms. The van der Waals surface area contributed by atoms with Gasteiger partial charge in [0.1, 0.15) is 9.57 Å². The number of ether oxygens (including phenoxy) is 1. The third-order valence-corrected chi connectivity index (χ3v) is 8.40. The van der Waals surface area contributed by atoms with Crippen LogP contribution < -0.4 is 9.64 Å². The van der Waals surface area contributed by atoms with Gasteiger partial charge >= 0.3 is 0 Å². The molecule has 1 aliphatic rings. The van der Waals surface area contributed by atoms with E-state index in [1.807, 2.05) is 39.0 Å². The predicted octanol–water partition coefficient (Wildman–Crippen LogP) is 6.41. The van der Waals surface area contributed by atoms with Gasteiger partial charge in [-0.05, 0) is 39.0 Å². The molecule has 154 valence electrons. The predicted molar refractivity (Wildman–Crippen MR) is 123 cm³/mol. The topological polar surface area (TPSA) is 72.7 Å². The molecule has 0 N–H and O–H groups in total. The van der Waals surface area contributed by atoms with Gasteiger partial charge in [-0.25, -0.2) is 0 Å². The number of fused-ring (bicyclic) bond motifs is 3. The highest BCUT2D eigenvalue weighted by molar-refractivity contribution is 7.80. The lowest BCUT2D eigenvalue weighted by molar-refractivity contribution is -0.384. The molecule has 6 nitrogen and oxygen atoms in total. The smallest absolute Gasteiger partial charge is 0.269 e. The molecule has 2 aromatic carbocycles. The fraction of sp³-hybridized carbons (Fsp3) is 0.238. The van der Waals surface area contributed by atoms with Crippen molar-refractivity contribution in [1.29, 1.82) is 0 Å². The van der Waals surface area contributed by atoms with Crippen molar-refractivity contribution in [3.63, 3.8) is 0 Å². The van der Waals surface area contributed by atoms with E-state index in [4.69, 9.17) is 17.0 Å². The van der Waals surface area contributed by atoms with Crippen molar-refractivity contribution in [2.75, 3.05) is 11.5 Å². The Balaban J connectivity index is 1.94. The molecule has 1 amide bonds. The number of nitrogens with zero attached hydrogens (tertiary/aromatic N) is 2. The Hall–Kier alpha value is -2.62. The van der Waals surface area contributed by atoms with Gasteiger partial charge in [-0.2, -0.15) is 0 Å². The zero-order chi connectivity index (χ0) is 21.6. The van der Waals surface area contributed by atoms with Crippen LogP contribution in [0.25, 0.3) is 11.1 Å². The average molecular weight is 459 g/mol. The Labute approximate surface area is 185 Å². The molecular formula is C21H18N2O4S3. The number of benzene rings is 2. The fourth-order valence-electron chi connectivity index (χ4n) is 3.71. The summed E-state index contributed by atoms with van der Waals surface area (Å²) in [4.78, 5) is 27.0. The lowest BCUT2D eigenvalue weighted by atomic mass is 9.86. The zero-order valence-electron chi connectivity index (χ0n) is 16.5. The van der Waals surface area contributed by atoms with Gasteiger partial charge in [-0.15, -0.1) is 0 Å². The van der Waals surface area contributed by atoms with Gasteiger partial charge in [0.2, 0.25) is 0 Å². The van der Waals surface area contributed by atoms with Crippen molar-refractivity contribution in [1.82, 2.24) is 0 Å². The summed E-state index contributed by atoms with van der Waals surface area (Å²) in [5, 5.41) is 11.0. The van der Waals surface area contributed by atoms with E-state index < -0.39 is 10.5 Å². The molecule has 1 aromatic heterocycles. The van der Waals surface area contributed by atoms with E-state index in [1.165, 1.54) is 34.6 Å². The number of carbonyl (C=O) groups is 1. The summed E-state index contributed by atoms with van der Waals surface area (Å²) in [7, 11) is 3.10. The highest BCUT2D eigenvalue weighted by atomic mass is 32.9. The minimum absolute atomic E-state index is 0.0575. The first kappa shape index (κ1) is 20.6. The number of non-ortho nitro benzene ring substituents is 1. The van der Waals surface area contributed by atoms with Crippen LogP contribution in [-0.4, -0.2) is 17.4 Å². The second-order valence-corrected chi connectivity index (χ2v) is 10.1. The number of rotatable bonds is 4. The fourth-order valence-corrected chi connectivity index (χ4v) is 6.99. The van der Waals surface area contributed by atoms with E-state index in [1.54, 1.807) is 15.2 Å². The Morgan fingerprint density at radius 1 is 1.20 bits per heavy atom. The van der Waals surface area contributed by atoms with E-state index in [2.05, 4.69) is 0 Å². The van der Waals surface area contributed by atoms with E-state index in [-0.39, 0.29) is 11.6 Å². The lowest BCUT2D eigenvalue weighted by Gasteiger charge is -2.43. The molecule has 0 radical (unpaired) electrons. The van der Waals surface area contributed by atoms with Crippen LogP contribution in [0.2, 0.25) is 0 Å². The second-order valence-electron chi connectivity index (χ2n) is 7.25. The minimum atomic E-state index is -0.674. The monoisotopic (exact) mass is 458 g/mol. The Kier molecular flexibility index (Phi) is 5.21. The molecule has 0 unspecified atom stereocenters. The number of amides is 1. The average Bonchev–Trinajstić information content (AvgIpc) is 3.11. The van der Waals surface area contributed by atoms with Crippen LogP contribution in [0.1, 0.15) is 36.0 Å². The maximum Gasteiger partial charge on any atom is 0.269 e. The molecule has 0 atom stereocenters. The molecule has 4 rings (SSSR count). The van der Waals surface area contributed by atoms with Crippen LogP contribution in [0.3, 0.4) is 0 Å². The number of nitro benzene ring substituents is 1. The first-order valence-electron chi connectivity index (χ1n) is 9.26. The Bertz CT molecular complexity index is 1210. The summed E-state index contributed by atoms with van der Waals surface area (Å²) in [5.41, 5.74) is 2.16. The van der Waals surface area contributed by atoms with Crippen molar-refractivity contribution in [2.24, 2.45) is 0 Å². The van der Waals surface area contributed by atoms with Crippen LogP contribution in [0.4, 0.5) is 11.4 Å². The lowest BCUT2D eigenvalue weighted by Crippen LogP contribution is -2.48. The SMILES string of the molecule is CCOc1cccc2c1N(C(=O)c1ccc([N+](=O)[O-])cc1)C(C)(C)c1ssc(=S)c1-2. The standard InChI is InChI=1S/C21H18N2O4S3/c1-4-27-15-7-5-6-14-16-18(29-30-20(16)28)21(2,3)22(17(14)15)19(24)12-8-10-13(11-9-12)23(25)26/h5-11H,4H2,1-3H3. The number of anilines is 1. The summed E-state index contributed by atoms with van der Waals surface area (Å²) in [6, 6.07) is 11.4. The molecule has 30 heavy (non-hydrogen) atoms. The molecular weight excluding hydrogens is 440 g/mol. The van der Waals surface area contributed by atoms with E-state index in [0.717, 1.165) is 19.8 Å². The second kappa shape index (κ2) is 7.57. The van der Waals surface area contributed by atoms with Crippen molar-refractivity contribution in [3.05, 3.63) is 66.8 Å². The van der Waals surface area contributed by atoms with Gasteiger partial charge in [0.15, 0.2) is 0 Å². The number of carbonyl (C=O) groups excluding carboxylic acids is 1. The third kappa shape index (κ3) is 3.13. The molecule has 0 saturated heterocycles. The molecule has 3 aromatic rings. The number of hydrogen-bond donors (Lipinski definition) is 0. The quantitative estimate of drug-likeness (QED) is 0.195. The molecule has 0 fully saturated rings. The molecule has 1 aliphatic heterocycles. The third-order valence-electron chi connectivity index (χ3n) is 5.07. The number of nitro groups is 1. The van der Waals surface area contributed by atoms with Crippen molar-refractivity contribution in [2.45, 2.75) is 26.3 Å². The van der Waals surface area contributed by atoms with Gasteiger partial charge < -0.3 is 4.74 Å². The summed E-state index contributed by atoms with van der Waals surface area (Å²) in [6.45, 7) is 6.32. The highest BCUT2D eigenvalue weighted by Crippen LogP contribution is 2.55. The largest absolute Gasteiger partial charge is 0.492 e. The van der Waals surface area contributed by atoms with Gasteiger partial charge in [0.25, 0.3) is 11.6 Å². The van der Waals surface area contributed by atoms with Crippen molar-refractivity contribution >= 4 is 50.2 Å². The maximum absolute atomic E-state index is 13.7. The van der Waals surface area contributed by atoms with E-state index >= 15 is 0 Å². The van der Waals surface area contributed by atoms with E-state index in [0.29, 0.717) is 23.6 Å². The first-order chi connectivity index (χ1) is 14.3. The normalized spacial score (nSPS) is 14.0. The first-order valence-corrected chi connectivity index (χ1v) is 11.8. The molecule has 0 aliphatic carbocycles. The van der Waals surface area contributed by atoms with Gasteiger partial charge in [-0.3, -0.25) is 19.8 Å². The van der Waals surface area contributed by atoms with Crippen molar-refractivity contribution in [3.8, 4) is 16.9 Å². The van der Waals surface area contributed by atoms with Crippen molar-refractivity contribution < 1.29 is 14.5 Å². The van der Waals surface area contributed by atoms with Crippen LogP contribution >= 0.6 is 32.9 Å². The number of para-hydroxylation sites is 1. The van der Waals surface area contributed by atoms with Crippen LogP contribution in [0.15, 0.2) is 42.5 Å². The Morgan fingerprint density at radius 2 is 1.90 bits per heavy atom. The van der Waals surface area contributed by atoms with Gasteiger partial charge in [0, 0.05) is 28.8 Å². The molecule has 0 saturated carbocycles. The molecule has 0 bridgehead atoms. The summed E-state index contributed by atoms with van der Waals surface area (Å²) < 4.78 is 6.68. The Morgan fingerprint density at radius 3 is 2.53 bits per heavy atom. The summed E-state index contributed by atoms with van der Waals surface area (Å²) in [5.74, 6) is 0.354. The maximum atomic E-state index is 13.7.